The van der Waals surface area contributed by atoms with E-state index in [4.69, 9.17) is 0 Å². The molecule has 0 fully saturated rings. The summed E-state index contributed by atoms with van der Waals surface area (Å²) >= 11 is 4.74. The SMILES string of the molecule is CC(C)NCc1nnc(-c2c(F)cccc2Br)s1. The zero-order chi connectivity index (χ0) is 13.1. The van der Waals surface area contributed by atoms with Crippen molar-refractivity contribution in [2.45, 2.75) is 26.4 Å². The molecule has 1 aromatic carbocycles. The maximum atomic E-state index is 13.8. The standard InChI is InChI=1S/C12H13BrFN3S/c1-7(2)15-6-10-16-17-12(18-10)11-8(13)4-3-5-9(11)14/h3-5,7,15H,6H2,1-2H3. The first-order chi connectivity index (χ1) is 8.58. The quantitative estimate of drug-likeness (QED) is 0.931. The summed E-state index contributed by atoms with van der Waals surface area (Å²) < 4.78 is 14.4. The summed E-state index contributed by atoms with van der Waals surface area (Å²) in [6.07, 6.45) is 0. The Morgan fingerprint density at radius 2 is 2.17 bits per heavy atom. The number of nitrogens with zero attached hydrogens (tertiary/aromatic N) is 2. The predicted octanol–water partition coefficient (Wildman–Crippen LogP) is 3.60. The summed E-state index contributed by atoms with van der Waals surface area (Å²) in [7, 11) is 0. The van der Waals surface area contributed by atoms with Crippen LogP contribution in [-0.4, -0.2) is 16.2 Å². The molecule has 0 saturated heterocycles. The Bertz CT molecular complexity index is 522. The Labute approximate surface area is 118 Å². The zero-order valence-electron chi connectivity index (χ0n) is 10.1. The van der Waals surface area contributed by atoms with Crippen molar-refractivity contribution >= 4 is 27.3 Å². The maximum Gasteiger partial charge on any atom is 0.151 e. The van der Waals surface area contributed by atoms with E-state index in [1.54, 1.807) is 12.1 Å². The van der Waals surface area contributed by atoms with E-state index in [0.29, 0.717) is 27.6 Å². The van der Waals surface area contributed by atoms with E-state index < -0.39 is 0 Å². The second kappa shape index (κ2) is 5.86. The second-order valence-corrected chi connectivity index (χ2v) is 6.05. The molecule has 96 valence electrons. The van der Waals surface area contributed by atoms with Crippen LogP contribution < -0.4 is 5.32 Å². The largest absolute Gasteiger partial charge is 0.308 e. The Kier molecular flexibility index (Phi) is 4.42. The number of rotatable bonds is 4. The third-order valence-electron chi connectivity index (χ3n) is 2.31. The molecule has 0 aliphatic rings. The van der Waals surface area contributed by atoms with E-state index in [1.807, 2.05) is 0 Å². The van der Waals surface area contributed by atoms with Crippen molar-refractivity contribution in [1.82, 2.24) is 15.5 Å². The Hall–Kier alpha value is -0.850. The normalized spacial score (nSPS) is 11.2. The van der Waals surface area contributed by atoms with Gasteiger partial charge in [-0.2, -0.15) is 0 Å². The zero-order valence-corrected chi connectivity index (χ0v) is 12.5. The van der Waals surface area contributed by atoms with Crippen LogP contribution in [0.5, 0.6) is 0 Å². The van der Waals surface area contributed by atoms with Gasteiger partial charge in [-0.05, 0) is 28.1 Å². The molecule has 0 unspecified atom stereocenters. The fraction of sp³-hybridized carbons (Fsp3) is 0.333. The van der Waals surface area contributed by atoms with Gasteiger partial charge in [-0.25, -0.2) is 4.39 Å². The predicted molar refractivity (Wildman–Crippen MR) is 75.0 cm³/mol. The Morgan fingerprint density at radius 1 is 1.39 bits per heavy atom. The summed E-state index contributed by atoms with van der Waals surface area (Å²) in [5.41, 5.74) is 0.478. The van der Waals surface area contributed by atoms with E-state index in [1.165, 1.54) is 17.4 Å². The molecule has 2 rings (SSSR count). The van der Waals surface area contributed by atoms with E-state index >= 15 is 0 Å². The van der Waals surface area contributed by atoms with Crippen LogP contribution in [0, 0.1) is 5.82 Å². The van der Waals surface area contributed by atoms with Crippen LogP contribution in [0.25, 0.3) is 10.6 Å². The molecule has 3 nitrogen and oxygen atoms in total. The molecule has 0 bridgehead atoms. The molecule has 0 aliphatic carbocycles. The molecule has 2 aromatic rings. The van der Waals surface area contributed by atoms with Crippen LogP contribution in [0.3, 0.4) is 0 Å². The molecular formula is C12H13BrFN3S. The number of hydrogen-bond donors (Lipinski definition) is 1. The van der Waals surface area contributed by atoms with Crippen molar-refractivity contribution in [3.05, 3.63) is 33.5 Å². The highest BCUT2D eigenvalue weighted by Crippen LogP contribution is 2.32. The number of nitrogens with one attached hydrogen (secondary N) is 1. The third kappa shape index (κ3) is 3.13. The summed E-state index contributed by atoms with van der Waals surface area (Å²) in [5.74, 6) is -0.288. The van der Waals surface area contributed by atoms with Gasteiger partial charge in [0.1, 0.15) is 10.8 Å². The maximum absolute atomic E-state index is 13.8. The molecule has 0 atom stereocenters. The van der Waals surface area contributed by atoms with Crippen molar-refractivity contribution in [2.24, 2.45) is 0 Å². The lowest BCUT2D eigenvalue weighted by Gasteiger charge is -2.04. The van der Waals surface area contributed by atoms with Crippen molar-refractivity contribution in [3.8, 4) is 10.6 Å². The average Bonchev–Trinajstić information content (AvgIpc) is 2.75. The van der Waals surface area contributed by atoms with Crippen LogP contribution in [0.1, 0.15) is 18.9 Å². The smallest absolute Gasteiger partial charge is 0.151 e. The van der Waals surface area contributed by atoms with Gasteiger partial charge in [0.15, 0.2) is 5.01 Å². The molecule has 18 heavy (non-hydrogen) atoms. The van der Waals surface area contributed by atoms with Crippen molar-refractivity contribution in [1.29, 1.82) is 0 Å². The van der Waals surface area contributed by atoms with Gasteiger partial charge in [0.2, 0.25) is 0 Å². The third-order valence-corrected chi connectivity index (χ3v) is 3.91. The van der Waals surface area contributed by atoms with Gasteiger partial charge in [-0.15, -0.1) is 10.2 Å². The van der Waals surface area contributed by atoms with Gasteiger partial charge in [0, 0.05) is 17.1 Å². The lowest BCUT2D eigenvalue weighted by molar-refractivity contribution is 0.585. The lowest BCUT2D eigenvalue weighted by atomic mass is 10.2. The van der Waals surface area contributed by atoms with Crippen LogP contribution in [0.15, 0.2) is 22.7 Å². The summed E-state index contributed by atoms with van der Waals surface area (Å²) in [4.78, 5) is 0. The van der Waals surface area contributed by atoms with Gasteiger partial charge in [-0.3, -0.25) is 0 Å². The molecular weight excluding hydrogens is 317 g/mol. The average molecular weight is 330 g/mol. The fourth-order valence-corrected chi connectivity index (χ4v) is 2.93. The first-order valence-electron chi connectivity index (χ1n) is 5.58. The summed E-state index contributed by atoms with van der Waals surface area (Å²) in [5, 5.41) is 12.8. The van der Waals surface area contributed by atoms with Crippen LogP contribution >= 0.6 is 27.3 Å². The van der Waals surface area contributed by atoms with Crippen LogP contribution in [-0.2, 0) is 6.54 Å². The Balaban J connectivity index is 2.24. The first-order valence-corrected chi connectivity index (χ1v) is 7.19. The van der Waals surface area contributed by atoms with Crippen LogP contribution in [0.4, 0.5) is 4.39 Å². The van der Waals surface area contributed by atoms with Crippen molar-refractivity contribution in [3.63, 3.8) is 0 Å². The minimum absolute atomic E-state index is 0.288. The first kappa shape index (κ1) is 13.6. The molecule has 6 heteroatoms. The van der Waals surface area contributed by atoms with Gasteiger partial charge in [0.25, 0.3) is 0 Å². The number of benzene rings is 1. The highest BCUT2D eigenvalue weighted by Gasteiger charge is 2.14. The molecule has 1 N–H and O–H groups in total. The topological polar surface area (TPSA) is 37.8 Å². The van der Waals surface area contributed by atoms with Gasteiger partial charge in [0.05, 0.1) is 5.56 Å². The summed E-state index contributed by atoms with van der Waals surface area (Å²) in [6.45, 7) is 4.78. The number of hydrogen-bond acceptors (Lipinski definition) is 4. The fourth-order valence-electron chi connectivity index (χ4n) is 1.42. The molecule has 0 aliphatic heterocycles. The molecule has 0 spiro atoms. The molecule has 1 aromatic heterocycles. The minimum Gasteiger partial charge on any atom is -0.308 e. The van der Waals surface area contributed by atoms with Crippen molar-refractivity contribution in [2.75, 3.05) is 0 Å². The van der Waals surface area contributed by atoms with E-state index in [2.05, 4.69) is 45.3 Å². The van der Waals surface area contributed by atoms with E-state index in [9.17, 15) is 4.39 Å². The van der Waals surface area contributed by atoms with E-state index in [0.717, 1.165) is 5.01 Å². The van der Waals surface area contributed by atoms with E-state index in [-0.39, 0.29) is 5.82 Å². The highest BCUT2D eigenvalue weighted by molar-refractivity contribution is 9.10. The van der Waals surface area contributed by atoms with Gasteiger partial charge in [-0.1, -0.05) is 31.3 Å². The molecule has 1 heterocycles. The number of halogens is 2. The van der Waals surface area contributed by atoms with Gasteiger partial charge >= 0.3 is 0 Å². The molecule has 0 radical (unpaired) electrons. The van der Waals surface area contributed by atoms with Crippen LogP contribution in [0.2, 0.25) is 0 Å². The number of aromatic nitrogens is 2. The highest BCUT2D eigenvalue weighted by atomic mass is 79.9. The lowest BCUT2D eigenvalue weighted by Crippen LogP contribution is -2.21. The molecule has 0 saturated carbocycles. The monoisotopic (exact) mass is 329 g/mol. The van der Waals surface area contributed by atoms with Crippen molar-refractivity contribution < 1.29 is 4.39 Å². The second-order valence-electron chi connectivity index (χ2n) is 4.13. The summed E-state index contributed by atoms with van der Waals surface area (Å²) in [6, 6.07) is 5.27. The Morgan fingerprint density at radius 3 is 2.83 bits per heavy atom. The minimum atomic E-state index is -0.288. The molecule has 0 amide bonds. The van der Waals surface area contributed by atoms with Gasteiger partial charge < -0.3 is 5.32 Å².